The maximum Gasteiger partial charge on any atom is 0.193 e. The molecule has 0 amide bonds. The van der Waals surface area contributed by atoms with Crippen LogP contribution in [0.3, 0.4) is 0 Å². The molecule has 0 radical (unpaired) electrons. The summed E-state index contributed by atoms with van der Waals surface area (Å²) < 4.78 is 0. The first-order valence-corrected chi connectivity index (χ1v) is 6.76. The normalized spacial score (nSPS) is 10.5. The Morgan fingerprint density at radius 3 is 1.60 bits per heavy atom. The second-order valence-electron chi connectivity index (χ2n) is 4.64. The lowest BCUT2D eigenvalue weighted by molar-refractivity contribution is 0.103. The molecule has 3 heteroatoms. The molecule has 0 bridgehead atoms. The molecule has 2 rings (SSSR count). The fraction of sp³-hybridized carbons (Fsp3) is 0.235. The Balaban J connectivity index is 2.58. The Morgan fingerprint density at radius 2 is 1.25 bits per heavy atom. The number of phenols is 2. The summed E-state index contributed by atoms with van der Waals surface area (Å²) in [5.74, 6) is 0.110. The molecule has 2 aromatic carbocycles. The summed E-state index contributed by atoms with van der Waals surface area (Å²) in [5, 5.41) is 19.7. The molecule has 0 aliphatic heterocycles. The van der Waals surface area contributed by atoms with Gasteiger partial charge in [-0.3, -0.25) is 4.79 Å². The van der Waals surface area contributed by atoms with E-state index < -0.39 is 0 Å². The Labute approximate surface area is 118 Å². The number of ketones is 1. The first-order chi connectivity index (χ1) is 9.60. The summed E-state index contributed by atoms with van der Waals surface area (Å²) in [4.78, 5) is 12.7. The molecule has 20 heavy (non-hydrogen) atoms. The fourth-order valence-corrected chi connectivity index (χ4v) is 2.46. The average molecular weight is 270 g/mol. The van der Waals surface area contributed by atoms with Crippen LogP contribution >= 0.6 is 0 Å². The fourth-order valence-electron chi connectivity index (χ4n) is 2.46. The van der Waals surface area contributed by atoms with Crippen LogP contribution < -0.4 is 0 Å². The smallest absolute Gasteiger partial charge is 0.193 e. The zero-order chi connectivity index (χ0) is 14.7. The lowest BCUT2D eigenvalue weighted by Crippen LogP contribution is -2.08. The van der Waals surface area contributed by atoms with Crippen molar-refractivity contribution in [1.82, 2.24) is 0 Å². The van der Waals surface area contributed by atoms with Crippen LogP contribution in [0.15, 0.2) is 36.4 Å². The van der Waals surface area contributed by atoms with Crippen molar-refractivity contribution in [2.75, 3.05) is 0 Å². The van der Waals surface area contributed by atoms with Gasteiger partial charge in [0, 0.05) is 22.3 Å². The minimum absolute atomic E-state index is 0.136. The number of aromatic hydroxyl groups is 2. The number of hydrogen-bond acceptors (Lipinski definition) is 3. The van der Waals surface area contributed by atoms with E-state index >= 15 is 0 Å². The minimum atomic E-state index is -0.162. The molecule has 0 atom stereocenters. The third kappa shape index (κ3) is 2.39. The molecule has 0 spiro atoms. The standard InChI is InChI=1S/C17H18O3/c1-3-11-13(7-5-9-15(11)18)17(20)14-8-6-10-16(19)12(14)4-2/h5-10,18-19H,3-4H2,1-2H3. The number of carbonyl (C=O) groups excluding carboxylic acids is 1. The van der Waals surface area contributed by atoms with Crippen LogP contribution in [0.25, 0.3) is 0 Å². The first kappa shape index (κ1) is 14.1. The van der Waals surface area contributed by atoms with E-state index in [1.54, 1.807) is 36.4 Å². The quantitative estimate of drug-likeness (QED) is 0.836. The molecule has 0 aliphatic rings. The van der Waals surface area contributed by atoms with Crippen molar-refractivity contribution in [2.24, 2.45) is 0 Å². The summed E-state index contributed by atoms with van der Waals surface area (Å²) in [6.45, 7) is 3.80. The highest BCUT2D eigenvalue weighted by atomic mass is 16.3. The number of carbonyl (C=O) groups is 1. The summed E-state index contributed by atoms with van der Waals surface area (Å²) >= 11 is 0. The van der Waals surface area contributed by atoms with Crippen molar-refractivity contribution < 1.29 is 15.0 Å². The molecular weight excluding hydrogens is 252 g/mol. The van der Waals surface area contributed by atoms with E-state index in [1.807, 2.05) is 13.8 Å². The highest BCUT2D eigenvalue weighted by Gasteiger charge is 2.19. The molecule has 2 aromatic rings. The minimum Gasteiger partial charge on any atom is -0.508 e. The predicted molar refractivity (Wildman–Crippen MR) is 78.4 cm³/mol. The summed E-state index contributed by atoms with van der Waals surface area (Å²) in [5.41, 5.74) is 2.27. The number of benzene rings is 2. The van der Waals surface area contributed by atoms with E-state index in [9.17, 15) is 15.0 Å². The monoisotopic (exact) mass is 270 g/mol. The Bertz CT molecular complexity index is 589. The van der Waals surface area contributed by atoms with Gasteiger partial charge < -0.3 is 10.2 Å². The van der Waals surface area contributed by atoms with Crippen LogP contribution in [0.2, 0.25) is 0 Å². The van der Waals surface area contributed by atoms with E-state index in [0.29, 0.717) is 35.1 Å². The third-order valence-electron chi connectivity index (χ3n) is 3.50. The zero-order valence-corrected chi connectivity index (χ0v) is 11.7. The molecule has 0 saturated carbocycles. The van der Waals surface area contributed by atoms with Gasteiger partial charge in [0.2, 0.25) is 0 Å². The van der Waals surface area contributed by atoms with Gasteiger partial charge in [0.1, 0.15) is 11.5 Å². The van der Waals surface area contributed by atoms with Crippen molar-refractivity contribution in [3.8, 4) is 11.5 Å². The molecule has 0 aliphatic carbocycles. The molecule has 0 unspecified atom stereocenters. The zero-order valence-electron chi connectivity index (χ0n) is 11.7. The molecule has 0 aromatic heterocycles. The van der Waals surface area contributed by atoms with Crippen LogP contribution in [0, 0.1) is 0 Å². The maximum atomic E-state index is 12.7. The summed E-state index contributed by atoms with van der Waals surface area (Å²) in [6.07, 6.45) is 1.15. The maximum absolute atomic E-state index is 12.7. The van der Waals surface area contributed by atoms with Crippen LogP contribution in [-0.4, -0.2) is 16.0 Å². The van der Waals surface area contributed by atoms with Gasteiger partial charge in [0.15, 0.2) is 5.78 Å². The number of rotatable bonds is 4. The van der Waals surface area contributed by atoms with Gasteiger partial charge in [0.25, 0.3) is 0 Å². The van der Waals surface area contributed by atoms with Crippen LogP contribution in [-0.2, 0) is 12.8 Å². The Hall–Kier alpha value is -2.29. The van der Waals surface area contributed by atoms with Gasteiger partial charge in [-0.2, -0.15) is 0 Å². The van der Waals surface area contributed by atoms with Crippen molar-refractivity contribution in [2.45, 2.75) is 26.7 Å². The lowest BCUT2D eigenvalue weighted by Gasteiger charge is -2.12. The van der Waals surface area contributed by atoms with Crippen molar-refractivity contribution in [3.63, 3.8) is 0 Å². The van der Waals surface area contributed by atoms with Gasteiger partial charge in [-0.25, -0.2) is 0 Å². The second kappa shape index (κ2) is 5.78. The van der Waals surface area contributed by atoms with Crippen LogP contribution in [0.4, 0.5) is 0 Å². The number of hydrogen-bond donors (Lipinski definition) is 2. The molecule has 3 nitrogen and oxygen atoms in total. The largest absolute Gasteiger partial charge is 0.508 e. The SMILES string of the molecule is CCc1c(O)cccc1C(=O)c1cccc(O)c1CC. The molecule has 0 heterocycles. The lowest BCUT2D eigenvalue weighted by atomic mass is 9.92. The van der Waals surface area contributed by atoms with Gasteiger partial charge >= 0.3 is 0 Å². The van der Waals surface area contributed by atoms with E-state index in [0.717, 1.165) is 0 Å². The van der Waals surface area contributed by atoms with Crippen molar-refractivity contribution in [1.29, 1.82) is 0 Å². The van der Waals surface area contributed by atoms with Crippen molar-refractivity contribution >= 4 is 5.78 Å². The first-order valence-electron chi connectivity index (χ1n) is 6.76. The molecule has 104 valence electrons. The highest BCUT2D eigenvalue weighted by molar-refractivity contribution is 6.11. The number of phenolic OH excluding ortho intramolecular Hbond substituents is 2. The van der Waals surface area contributed by atoms with E-state index in [-0.39, 0.29) is 17.3 Å². The van der Waals surface area contributed by atoms with E-state index in [4.69, 9.17) is 0 Å². The molecule has 2 N–H and O–H groups in total. The van der Waals surface area contributed by atoms with Crippen molar-refractivity contribution in [3.05, 3.63) is 58.7 Å². The van der Waals surface area contributed by atoms with E-state index in [1.165, 1.54) is 0 Å². The Kier molecular flexibility index (Phi) is 4.08. The topological polar surface area (TPSA) is 57.5 Å². The summed E-state index contributed by atoms with van der Waals surface area (Å²) in [6, 6.07) is 9.92. The van der Waals surface area contributed by atoms with Gasteiger partial charge in [-0.05, 0) is 25.0 Å². The van der Waals surface area contributed by atoms with Gasteiger partial charge in [-0.1, -0.05) is 38.1 Å². The van der Waals surface area contributed by atoms with Gasteiger partial charge in [0.05, 0.1) is 0 Å². The second-order valence-corrected chi connectivity index (χ2v) is 4.64. The highest BCUT2D eigenvalue weighted by Crippen LogP contribution is 2.28. The molecular formula is C17H18O3. The molecule has 0 fully saturated rings. The van der Waals surface area contributed by atoms with Crippen LogP contribution in [0.1, 0.15) is 40.9 Å². The molecule has 0 saturated heterocycles. The van der Waals surface area contributed by atoms with E-state index in [2.05, 4.69) is 0 Å². The predicted octanol–water partition coefficient (Wildman–Crippen LogP) is 3.45. The Morgan fingerprint density at radius 1 is 0.850 bits per heavy atom. The van der Waals surface area contributed by atoms with Crippen LogP contribution in [0.5, 0.6) is 11.5 Å². The third-order valence-corrected chi connectivity index (χ3v) is 3.50. The summed E-state index contributed by atoms with van der Waals surface area (Å²) in [7, 11) is 0. The average Bonchev–Trinajstić information content (AvgIpc) is 2.46. The van der Waals surface area contributed by atoms with Gasteiger partial charge in [-0.15, -0.1) is 0 Å².